The van der Waals surface area contributed by atoms with Crippen molar-refractivity contribution in [1.29, 1.82) is 0 Å². The molecule has 0 aromatic rings. The molecule has 2 aliphatic heterocycles. The SMILES string of the molecule is CN1C2CCC1CC(NC1CCCCC1)C2.O=C(O)C(=O)O.O=C(O)C(=O)O. The number of hydrogen-bond donors (Lipinski definition) is 5. The summed E-state index contributed by atoms with van der Waals surface area (Å²) in [6, 6.07) is 3.46. The molecule has 3 rings (SSSR count). The van der Waals surface area contributed by atoms with Gasteiger partial charge in [0.05, 0.1) is 0 Å². The Morgan fingerprint density at radius 1 is 0.679 bits per heavy atom. The van der Waals surface area contributed by atoms with Gasteiger partial charge in [0.2, 0.25) is 0 Å². The van der Waals surface area contributed by atoms with Gasteiger partial charge in [-0.15, -0.1) is 0 Å². The Morgan fingerprint density at radius 2 is 1.07 bits per heavy atom. The third-order valence-corrected chi connectivity index (χ3v) is 5.54. The van der Waals surface area contributed by atoms with Gasteiger partial charge in [-0.05, 0) is 45.6 Å². The van der Waals surface area contributed by atoms with Crippen LogP contribution in [0.4, 0.5) is 0 Å². The molecule has 2 unspecified atom stereocenters. The minimum absolute atomic E-state index is 0.830. The lowest BCUT2D eigenvalue weighted by molar-refractivity contribution is -0.159. The largest absolute Gasteiger partial charge is 0.473 e. The van der Waals surface area contributed by atoms with Crippen molar-refractivity contribution in [2.24, 2.45) is 0 Å². The van der Waals surface area contributed by atoms with Gasteiger partial charge in [0.25, 0.3) is 0 Å². The Bertz CT molecular complexity index is 500. The number of nitrogens with one attached hydrogen (secondary N) is 1. The number of carboxylic acid groups (broad SMARTS) is 4. The Labute approximate surface area is 163 Å². The number of nitrogens with zero attached hydrogens (tertiary/aromatic N) is 1. The van der Waals surface area contributed by atoms with Crippen molar-refractivity contribution in [3.63, 3.8) is 0 Å². The highest BCUT2D eigenvalue weighted by molar-refractivity contribution is 6.27. The summed E-state index contributed by atoms with van der Waals surface area (Å²) in [6.07, 6.45) is 13.0. The van der Waals surface area contributed by atoms with Crippen LogP contribution in [0.1, 0.15) is 57.8 Å². The standard InChI is InChI=1S/C14H26N2.2C2H2O4/c1-16-13-7-8-14(16)10-12(9-13)15-11-5-3-2-4-6-11;2*3-1(4)2(5)6/h11-15H,2-10H2,1H3;2*(H,3,4)(H,5,6). The highest BCUT2D eigenvalue weighted by Gasteiger charge is 2.38. The van der Waals surface area contributed by atoms with Gasteiger partial charge >= 0.3 is 23.9 Å². The lowest BCUT2D eigenvalue weighted by Gasteiger charge is -2.39. The minimum atomic E-state index is -1.82. The van der Waals surface area contributed by atoms with Crippen molar-refractivity contribution in [1.82, 2.24) is 10.2 Å². The second-order valence-electron chi connectivity index (χ2n) is 7.44. The fourth-order valence-corrected chi connectivity index (χ4v) is 4.15. The number of fused-ring (bicyclic) bond motifs is 2. The first-order chi connectivity index (χ1) is 13.1. The van der Waals surface area contributed by atoms with Crippen molar-refractivity contribution in [2.75, 3.05) is 7.05 Å². The molecule has 0 spiro atoms. The van der Waals surface area contributed by atoms with Crippen molar-refractivity contribution in [3.05, 3.63) is 0 Å². The molecule has 1 saturated carbocycles. The summed E-state index contributed by atoms with van der Waals surface area (Å²) in [7, 11) is 2.33. The second-order valence-corrected chi connectivity index (χ2v) is 7.44. The van der Waals surface area contributed by atoms with Crippen molar-refractivity contribution in [2.45, 2.75) is 82.0 Å². The van der Waals surface area contributed by atoms with Gasteiger partial charge in [-0.3, -0.25) is 0 Å². The summed E-state index contributed by atoms with van der Waals surface area (Å²) in [5.74, 6) is -7.30. The van der Waals surface area contributed by atoms with Crippen LogP contribution in [-0.4, -0.2) is 80.4 Å². The van der Waals surface area contributed by atoms with Crippen molar-refractivity contribution in [3.8, 4) is 0 Å². The molecule has 2 heterocycles. The predicted molar refractivity (Wildman–Crippen MR) is 98.1 cm³/mol. The summed E-state index contributed by atoms with van der Waals surface area (Å²) in [5, 5.41) is 33.5. The Balaban J connectivity index is 0.000000274. The number of aliphatic carboxylic acids is 4. The smallest absolute Gasteiger partial charge is 0.414 e. The number of carboxylic acids is 4. The van der Waals surface area contributed by atoms with Crippen LogP contribution in [0.2, 0.25) is 0 Å². The van der Waals surface area contributed by atoms with Crippen LogP contribution in [0.3, 0.4) is 0 Å². The average Bonchev–Trinajstić information content (AvgIpc) is 2.84. The topological polar surface area (TPSA) is 164 Å². The molecule has 1 aliphatic carbocycles. The number of carbonyl (C=O) groups is 4. The van der Waals surface area contributed by atoms with Crippen LogP contribution >= 0.6 is 0 Å². The van der Waals surface area contributed by atoms with E-state index in [2.05, 4.69) is 17.3 Å². The Morgan fingerprint density at radius 3 is 1.43 bits per heavy atom. The van der Waals surface area contributed by atoms with Gasteiger partial charge in [-0.1, -0.05) is 19.3 Å². The van der Waals surface area contributed by atoms with E-state index in [1.165, 1.54) is 57.8 Å². The van der Waals surface area contributed by atoms with E-state index in [1.807, 2.05) is 0 Å². The zero-order valence-electron chi connectivity index (χ0n) is 16.0. The maximum absolute atomic E-state index is 9.10. The summed E-state index contributed by atoms with van der Waals surface area (Å²) >= 11 is 0. The van der Waals surface area contributed by atoms with E-state index in [0.717, 1.165) is 24.2 Å². The molecule has 160 valence electrons. The summed E-state index contributed by atoms with van der Waals surface area (Å²) in [5.41, 5.74) is 0. The summed E-state index contributed by atoms with van der Waals surface area (Å²) in [6.45, 7) is 0. The monoisotopic (exact) mass is 402 g/mol. The number of hydrogen-bond acceptors (Lipinski definition) is 6. The maximum atomic E-state index is 9.10. The molecule has 2 saturated heterocycles. The first kappa shape index (κ1) is 23.8. The van der Waals surface area contributed by atoms with Crippen LogP contribution in [0, 0.1) is 0 Å². The highest BCUT2D eigenvalue weighted by Crippen LogP contribution is 2.34. The van der Waals surface area contributed by atoms with E-state index in [-0.39, 0.29) is 0 Å². The molecule has 28 heavy (non-hydrogen) atoms. The normalized spacial score (nSPS) is 26.8. The Kier molecular flexibility index (Phi) is 9.88. The van der Waals surface area contributed by atoms with Gasteiger partial charge < -0.3 is 30.6 Å². The molecule has 2 atom stereocenters. The third kappa shape index (κ3) is 8.22. The van der Waals surface area contributed by atoms with Gasteiger partial charge in [0.1, 0.15) is 0 Å². The molecule has 5 N–H and O–H groups in total. The maximum Gasteiger partial charge on any atom is 0.414 e. The minimum Gasteiger partial charge on any atom is -0.473 e. The molecule has 0 aromatic heterocycles. The summed E-state index contributed by atoms with van der Waals surface area (Å²) in [4.78, 5) is 39.0. The quantitative estimate of drug-likeness (QED) is 0.418. The van der Waals surface area contributed by atoms with E-state index in [0.29, 0.717) is 0 Å². The molecule has 0 radical (unpaired) electrons. The molecule has 2 bridgehead atoms. The van der Waals surface area contributed by atoms with Crippen LogP contribution in [-0.2, 0) is 19.2 Å². The van der Waals surface area contributed by atoms with Gasteiger partial charge in [-0.2, -0.15) is 0 Å². The van der Waals surface area contributed by atoms with Gasteiger partial charge in [-0.25, -0.2) is 19.2 Å². The fraction of sp³-hybridized carbons (Fsp3) is 0.778. The van der Waals surface area contributed by atoms with E-state index in [9.17, 15) is 0 Å². The molecule has 0 amide bonds. The average molecular weight is 402 g/mol. The van der Waals surface area contributed by atoms with Gasteiger partial charge in [0.15, 0.2) is 0 Å². The molecular weight excluding hydrogens is 372 g/mol. The molecule has 0 aromatic carbocycles. The lowest BCUT2D eigenvalue weighted by Crippen LogP contribution is -2.50. The van der Waals surface area contributed by atoms with E-state index >= 15 is 0 Å². The highest BCUT2D eigenvalue weighted by atomic mass is 16.4. The zero-order valence-corrected chi connectivity index (χ0v) is 16.0. The molecule has 3 aliphatic rings. The van der Waals surface area contributed by atoms with E-state index < -0.39 is 23.9 Å². The lowest BCUT2D eigenvalue weighted by atomic mass is 9.92. The second kappa shape index (κ2) is 11.6. The van der Waals surface area contributed by atoms with E-state index in [4.69, 9.17) is 39.6 Å². The zero-order chi connectivity index (χ0) is 21.3. The molecule has 3 fully saturated rings. The van der Waals surface area contributed by atoms with Crippen LogP contribution in [0.5, 0.6) is 0 Å². The predicted octanol–water partition coefficient (Wildman–Crippen LogP) is 0.845. The van der Waals surface area contributed by atoms with Crippen LogP contribution < -0.4 is 5.32 Å². The fourth-order valence-electron chi connectivity index (χ4n) is 4.15. The third-order valence-electron chi connectivity index (χ3n) is 5.54. The van der Waals surface area contributed by atoms with E-state index in [1.54, 1.807) is 0 Å². The van der Waals surface area contributed by atoms with Crippen LogP contribution in [0.25, 0.3) is 0 Å². The number of piperidine rings is 1. The Hall–Kier alpha value is -2.20. The molecule has 10 nitrogen and oxygen atoms in total. The first-order valence-electron chi connectivity index (χ1n) is 9.52. The first-order valence-corrected chi connectivity index (χ1v) is 9.52. The van der Waals surface area contributed by atoms with Gasteiger partial charge in [0, 0.05) is 24.2 Å². The van der Waals surface area contributed by atoms with Crippen molar-refractivity contribution < 1.29 is 39.6 Å². The molecular formula is C18H30N2O8. The number of rotatable bonds is 2. The van der Waals surface area contributed by atoms with Crippen molar-refractivity contribution >= 4 is 23.9 Å². The van der Waals surface area contributed by atoms with Crippen LogP contribution in [0.15, 0.2) is 0 Å². The molecule has 10 heteroatoms. The summed E-state index contributed by atoms with van der Waals surface area (Å²) < 4.78 is 0.